The number of carbonyl (C=O) groups is 2. The molecule has 0 heterocycles. The van der Waals surface area contributed by atoms with E-state index in [1.54, 1.807) is 0 Å². The predicted octanol–water partition coefficient (Wildman–Crippen LogP) is 3.38. The minimum atomic E-state index is -0.468. The van der Waals surface area contributed by atoms with E-state index >= 15 is 0 Å². The fourth-order valence-electron chi connectivity index (χ4n) is 3.24. The molecule has 0 aliphatic heterocycles. The van der Waals surface area contributed by atoms with Crippen molar-refractivity contribution in [2.75, 3.05) is 59.5 Å². The van der Waals surface area contributed by atoms with E-state index in [0.29, 0.717) is 65.9 Å². The van der Waals surface area contributed by atoms with E-state index in [1.165, 1.54) is 0 Å². The highest BCUT2D eigenvalue weighted by Crippen LogP contribution is 2.25. The van der Waals surface area contributed by atoms with E-state index in [4.69, 9.17) is 28.4 Å². The van der Waals surface area contributed by atoms with Gasteiger partial charge in [0.25, 0.3) is 0 Å². The molecular weight excluding hydrogens is 428 g/mol. The molecule has 0 fully saturated rings. The summed E-state index contributed by atoms with van der Waals surface area (Å²) in [6, 6.07) is 5.66. The van der Waals surface area contributed by atoms with Crippen LogP contribution in [0.15, 0.2) is 18.2 Å². The number of Topliss-reactive ketones (excluding diaryl/α,β-unsaturated/α-hetero) is 1. The SMILES string of the molecule is CC(C)(C)OC(=O)CCOCCOCCOCCOCCOc1ccc2c(c1)CCCC2=O. The van der Waals surface area contributed by atoms with Crippen molar-refractivity contribution < 1.29 is 38.0 Å². The van der Waals surface area contributed by atoms with Crippen molar-refractivity contribution in [1.29, 1.82) is 0 Å². The van der Waals surface area contributed by atoms with Crippen LogP contribution >= 0.6 is 0 Å². The number of fused-ring (bicyclic) bond motifs is 1. The number of hydrogen-bond acceptors (Lipinski definition) is 8. The lowest BCUT2D eigenvalue weighted by Crippen LogP contribution is -2.24. The van der Waals surface area contributed by atoms with Crippen molar-refractivity contribution in [3.8, 4) is 5.75 Å². The summed E-state index contributed by atoms with van der Waals surface area (Å²) >= 11 is 0. The lowest BCUT2D eigenvalue weighted by molar-refractivity contribution is -0.156. The van der Waals surface area contributed by atoms with Gasteiger partial charge < -0.3 is 28.4 Å². The number of esters is 1. The summed E-state index contributed by atoms with van der Waals surface area (Å²) in [7, 11) is 0. The van der Waals surface area contributed by atoms with Gasteiger partial charge in [-0.05, 0) is 57.4 Å². The molecular formula is C25H38O8. The molecule has 0 N–H and O–H groups in total. The first-order chi connectivity index (χ1) is 15.8. The van der Waals surface area contributed by atoms with Gasteiger partial charge >= 0.3 is 5.97 Å². The van der Waals surface area contributed by atoms with Gasteiger partial charge in [0.15, 0.2) is 5.78 Å². The van der Waals surface area contributed by atoms with Crippen LogP contribution in [0.4, 0.5) is 0 Å². The Balaban J connectivity index is 1.34. The molecule has 0 spiro atoms. The zero-order chi connectivity index (χ0) is 23.9. The van der Waals surface area contributed by atoms with Gasteiger partial charge in [0, 0.05) is 12.0 Å². The second-order valence-corrected chi connectivity index (χ2v) is 8.73. The van der Waals surface area contributed by atoms with Gasteiger partial charge in [-0.25, -0.2) is 0 Å². The van der Waals surface area contributed by atoms with E-state index in [0.717, 1.165) is 29.7 Å². The second kappa shape index (κ2) is 15.0. The maximum Gasteiger partial charge on any atom is 0.308 e. The first-order valence-electron chi connectivity index (χ1n) is 11.7. The van der Waals surface area contributed by atoms with Gasteiger partial charge in [-0.1, -0.05) is 0 Å². The number of ether oxygens (including phenoxy) is 6. The maximum atomic E-state index is 11.8. The summed E-state index contributed by atoms with van der Waals surface area (Å²) in [5.74, 6) is 0.733. The predicted molar refractivity (Wildman–Crippen MR) is 123 cm³/mol. The molecule has 0 saturated heterocycles. The van der Waals surface area contributed by atoms with Crippen molar-refractivity contribution in [2.24, 2.45) is 0 Å². The van der Waals surface area contributed by atoms with Crippen molar-refractivity contribution in [1.82, 2.24) is 0 Å². The van der Waals surface area contributed by atoms with Crippen LogP contribution in [0.25, 0.3) is 0 Å². The van der Waals surface area contributed by atoms with Gasteiger partial charge in [0.05, 0.1) is 59.3 Å². The monoisotopic (exact) mass is 466 g/mol. The van der Waals surface area contributed by atoms with Gasteiger partial charge in [0.1, 0.15) is 18.0 Å². The largest absolute Gasteiger partial charge is 0.491 e. The number of rotatable bonds is 16. The third-order valence-corrected chi connectivity index (χ3v) is 4.71. The van der Waals surface area contributed by atoms with Gasteiger partial charge in [-0.2, -0.15) is 0 Å². The third-order valence-electron chi connectivity index (χ3n) is 4.71. The highest BCUT2D eigenvalue weighted by molar-refractivity contribution is 5.98. The van der Waals surface area contributed by atoms with Crippen LogP contribution in [0.3, 0.4) is 0 Å². The van der Waals surface area contributed by atoms with Crippen LogP contribution in [0.1, 0.15) is 56.0 Å². The van der Waals surface area contributed by atoms with E-state index in [2.05, 4.69) is 0 Å². The summed E-state index contributed by atoms with van der Waals surface area (Å²) in [6.45, 7) is 9.54. The summed E-state index contributed by atoms with van der Waals surface area (Å²) in [6.07, 6.45) is 2.71. The number of hydrogen-bond donors (Lipinski definition) is 0. The molecule has 186 valence electrons. The standard InChI is InChI=1S/C25H38O8/c1-25(2,3)33-24(27)9-10-28-11-12-29-13-14-30-15-16-31-17-18-32-21-7-8-22-20(19-21)5-4-6-23(22)26/h7-8,19H,4-6,9-18H2,1-3H3. The normalized spacial score (nSPS) is 13.6. The quantitative estimate of drug-likeness (QED) is 0.271. The van der Waals surface area contributed by atoms with Crippen LogP contribution in [0.2, 0.25) is 0 Å². The Bertz CT molecular complexity index is 726. The maximum absolute atomic E-state index is 11.8. The second-order valence-electron chi connectivity index (χ2n) is 8.73. The smallest absolute Gasteiger partial charge is 0.308 e. The molecule has 0 atom stereocenters. The summed E-state index contributed by atoms with van der Waals surface area (Å²) < 4.78 is 32.6. The fourth-order valence-corrected chi connectivity index (χ4v) is 3.24. The molecule has 8 nitrogen and oxygen atoms in total. The van der Waals surface area contributed by atoms with Crippen molar-refractivity contribution in [3.63, 3.8) is 0 Å². The summed E-state index contributed by atoms with van der Waals surface area (Å²) in [5.41, 5.74) is 1.44. The van der Waals surface area contributed by atoms with Crippen LogP contribution in [-0.4, -0.2) is 76.8 Å². The molecule has 8 heteroatoms. The first-order valence-corrected chi connectivity index (χ1v) is 11.7. The molecule has 0 unspecified atom stereocenters. The van der Waals surface area contributed by atoms with Crippen LogP contribution in [0.5, 0.6) is 5.75 Å². The molecule has 33 heavy (non-hydrogen) atoms. The Morgan fingerprint density at radius 2 is 1.39 bits per heavy atom. The molecule has 2 rings (SSSR count). The Morgan fingerprint density at radius 3 is 2.00 bits per heavy atom. The minimum Gasteiger partial charge on any atom is -0.491 e. The average molecular weight is 467 g/mol. The first kappa shape index (κ1) is 27.2. The van der Waals surface area contributed by atoms with Crippen molar-refractivity contribution in [3.05, 3.63) is 29.3 Å². The van der Waals surface area contributed by atoms with Crippen molar-refractivity contribution in [2.45, 2.75) is 52.1 Å². The summed E-state index contributed by atoms with van der Waals surface area (Å²) in [5, 5.41) is 0. The molecule has 0 saturated carbocycles. The topological polar surface area (TPSA) is 89.5 Å². The van der Waals surface area contributed by atoms with E-state index in [1.807, 2.05) is 39.0 Å². The molecule has 1 aliphatic carbocycles. The van der Waals surface area contributed by atoms with Gasteiger partial charge in [-0.15, -0.1) is 0 Å². The minimum absolute atomic E-state index is 0.222. The number of ketones is 1. The highest BCUT2D eigenvalue weighted by atomic mass is 16.6. The van der Waals surface area contributed by atoms with Gasteiger partial charge in [-0.3, -0.25) is 9.59 Å². The number of aryl methyl sites for hydroxylation is 1. The number of benzene rings is 1. The Kier molecular flexibility index (Phi) is 12.4. The van der Waals surface area contributed by atoms with Gasteiger partial charge in [0.2, 0.25) is 0 Å². The molecule has 0 radical (unpaired) electrons. The molecule has 0 aromatic heterocycles. The van der Waals surface area contributed by atoms with Crippen LogP contribution in [0, 0.1) is 0 Å². The molecule has 1 aromatic carbocycles. The molecule has 1 aromatic rings. The van der Waals surface area contributed by atoms with Crippen LogP contribution in [-0.2, 0) is 34.9 Å². The lowest BCUT2D eigenvalue weighted by Gasteiger charge is -2.19. The zero-order valence-electron chi connectivity index (χ0n) is 20.2. The third kappa shape index (κ3) is 12.1. The lowest BCUT2D eigenvalue weighted by atomic mass is 9.91. The highest BCUT2D eigenvalue weighted by Gasteiger charge is 2.17. The fraction of sp³-hybridized carbons (Fsp3) is 0.680. The average Bonchev–Trinajstić information content (AvgIpc) is 2.75. The van der Waals surface area contributed by atoms with Crippen molar-refractivity contribution >= 4 is 11.8 Å². The van der Waals surface area contributed by atoms with E-state index in [9.17, 15) is 9.59 Å². The molecule has 1 aliphatic rings. The van der Waals surface area contributed by atoms with Crippen LogP contribution < -0.4 is 4.74 Å². The Hall–Kier alpha value is -2.00. The molecule has 0 amide bonds. The number of carbonyl (C=O) groups excluding carboxylic acids is 2. The summed E-state index contributed by atoms with van der Waals surface area (Å²) in [4.78, 5) is 23.4. The Labute approximate surface area is 196 Å². The zero-order valence-corrected chi connectivity index (χ0v) is 20.2. The Morgan fingerprint density at radius 1 is 0.818 bits per heavy atom. The molecule has 0 bridgehead atoms. The van der Waals surface area contributed by atoms with E-state index < -0.39 is 5.60 Å². The van der Waals surface area contributed by atoms with E-state index in [-0.39, 0.29) is 18.2 Å².